The van der Waals surface area contributed by atoms with E-state index in [0.717, 1.165) is 48.2 Å². The lowest BCUT2D eigenvalue weighted by Gasteiger charge is -2.40. The van der Waals surface area contributed by atoms with Crippen molar-refractivity contribution in [2.24, 2.45) is 5.41 Å². The van der Waals surface area contributed by atoms with E-state index in [1.54, 1.807) is 0 Å². The van der Waals surface area contributed by atoms with Crippen molar-refractivity contribution in [3.05, 3.63) is 142 Å². The Bertz CT molecular complexity index is 1410. The number of ether oxygens (including phenoxy) is 2. The zero-order chi connectivity index (χ0) is 34.7. The third kappa shape index (κ3) is 10.5. The van der Waals surface area contributed by atoms with Crippen LogP contribution in [0.1, 0.15) is 72.2 Å². The van der Waals surface area contributed by atoms with Crippen molar-refractivity contribution in [3.63, 3.8) is 0 Å². The molecule has 1 aliphatic rings. The highest BCUT2D eigenvalue weighted by molar-refractivity contribution is 5.24. The molecular weight excluding hydrogens is 715 g/mol. The molecule has 0 aromatic heterocycles. The maximum atomic E-state index is 7.17. The molecule has 0 aliphatic carbocycles. The van der Waals surface area contributed by atoms with Crippen molar-refractivity contribution in [2.75, 3.05) is 27.2 Å². The van der Waals surface area contributed by atoms with Gasteiger partial charge in [0.2, 0.25) is 0 Å². The van der Waals surface area contributed by atoms with Gasteiger partial charge in [-0.05, 0) is 34.6 Å². The molecule has 0 N–H and O–H groups in total. The molecule has 4 aromatic rings. The van der Waals surface area contributed by atoms with Gasteiger partial charge in [-0.15, -0.1) is 0 Å². The van der Waals surface area contributed by atoms with Gasteiger partial charge in [0.25, 0.3) is 0 Å². The van der Waals surface area contributed by atoms with Gasteiger partial charge >= 0.3 is 0 Å². The first-order chi connectivity index (χ1) is 22.5. The summed E-state index contributed by atoms with van der Waals surface area (Å²) < 4.78 is 16.0. The van der Waals surface area contributed by atoms with E-state index in [1.807, 2.05) is 0 Å². The Labute approximate surface area is 314 Å². The van der Waals surface area contributed by atoms with Crippen molar-refractivity contribution in [1.29, 1.82) is 0 Å². The number of quaternary nitrogens is 2. The van der Waals surface area contributed by atoms with E-state index in [-0.39, 0.29) is 41.6 Å². The summed E-state index contributed by atoms with van der Waals surface area (Å²) in [5, 5.41) is 0. The molecule has 4 aromatic carbocycles. The van der Waals surface area contributed by atoms with E-state index < -0.39 is 5.79 Å². The Morgan fingerprint density at radius 1 is 0.490 bits per heavy atom. The number of rotatable bonds is 12. The molecule has 1 saturated heterocycles. The van der Waals surface area contributed by atoms with Crippen LogP contribution in [0.2, 0.25) is 0 Å². The van der Waals surface area contributed by atoms with E-state index in [0.29, 0.717) is 0 Å². The molecule has 0 unspecified atom stereocenters. The fraction of sp³-hybridized carbons (Fsp3) is 0.455. The second kappa shape index (κ2) is 15.8. The summed E-state index contributed by atoms with van der Waals surface area (Å²) in [5.74, 6) is -0.695. The van der Waals surface area contributed by atoms with Crippen molar-refractivity contribution >= 4 is 0 Å². The van der Waals surface area contributed by atoms with E-state index >= 15 is 0 Å². The van der Waals surface area contributed by atoms with E-state index in [4.69, 9.17) is 9.47 Å². The third-order valence-electron chi connectivity index (χ3n) is 10.5. The van der Waals surface area contributed by atoms with Crippen LogP contribution in [-0.2, 0) is 35.7 Å². The normalized spacial score (nSPS) is 17.9. The molecule has 1 aliphatic heterocycles. The summed E-state index contributed by atoms with van der Waals surface area (Å²) in [7, 11) is 4.80. The van der Waals surface area contributed by atoms with Crippen LogP contribution >= 0.6 is 0 Å². The molecule has 0 spiro atoms. The first-order valence-electron chi connectivity index (χ1n) is 17.8. The SMILES string of the molecule is Cc1ccc(C[N+](C)(Cc2ccc(C)cc2)C[C@@H]2OC(C)(C(C)(C)C)O[C@H]2C[N+](C)(Cc2ccc(C)cc2)Cc2ccc(C)cc2)cc1.[I-]. The van der Waals surface area contributed by atoms with E-state index in [2.05, 4.69) is 167 Å². The van der Waals surface area contributed by atoms with Gasteiger partial charge in [-0.25, -0.2) is 0 Å². The minimum Gasteiger partial charge on any atom is -1.00 e. The Kier molecular flexibility index (Phi) is 12.6. The molecule has 5 rings (SSSR count). The number of hydrogen-bond acceptors (Lipinski definition) is 2. The highest BCUT2D eigenvalue weighted by atomic mass is 127. The summed E-state index contributed by atoms with van der Waals surface area (Å²) in [4.78, 5) is 0. The Morgan fingerprint density at radius 3 is 0.918 bits per heavy atom. The predicted octanol–water partition coefficient (Wildman–Crippen LogP) is 6.46. The van der Waals surface area contributed by atoms with Gasteiger partial charge in [-0.1, -0.05) is 140 Å². The fourth-order valence-corrected chi connectivity index (χ4v) is 7.20. The van der Waals surface area contributed by atoms with Crippen LogP contribution in [-0.4, -0.2) is 54.1 Å². The second-order valence-corrected chi connectivity index (χ2v) is 16.7. The van der Waals surface area contributed by atoms with Crippen molar-refractivity contribution < 1.29 is 42.4 Å². The molecule has 0 amide bonds. The van der Waals surface area contributed by atoms with Crippen LogP contribution in [0.4, 0.5) is 0 Å². The summed E-state index contributed by atoms with van der Waals surface area (Å²) in [5.41, 5.74) is 10.4. The fourth-order valence-electron chi connectivity index (χ4n) is 7.20. The topological polar surface area (TPSA) is 18.5 Å². The Hall–Kier alpha value is -2.55. The molecule has 5 heteroatoms. The van der Waals surface area contributed by atoms with Crippen molar-refractivity contribution in [2.45, 2.75) is 99.6 Å². The first-order valence-corrected chi connectivity index (χ1v) is 17.8. The Morgan fingerprint density at radius 2 is 0.714 bits per heavy atom. The number of hydrogen-bond donors (Lipinski definition) is 0. The monoisotopic (exact) mass is 775 g/mol. The lowest BCUT2D eigenvalue weighted by Crippen LogP contribution is -3.00. The third-order valence-corrected chi connectivity index (χ3v) is 10.5. The minimum absolute atomic E-state index is 0. The van der Waals surface area contributed by atoms with Crippen LogP contribution in [0, 0.1) is 33.1 Å². The smallest absolute Gasteiger partial charge is 0.171 e. The van der Waals surface area contributed by atoms with E-state index in [9.17, 15) is 0 Å². The lowest BCUT2D eigenvalue weighted by molar-refractivity contribution is -0.944. The summed E-state index contributed by atoms with van der Waals surface area (Å²) in [6.45, 7) is 22.9. The quantitative estimate of drug-likeness (QED) is 0.122. The highest BCUT2D eigenvalue weighted by Gasteiger charge is 2.55. The van der Waals surface area contributed by atoms with Crippen molar-refractivity contribution in [1.82, 2.24) is 0 Å². The van der Waals surface area contributed by atoms with Crippen LogP contribution in [0.15, 0.2) is 97.1 Å². The molecule has 49 heavy (non-hydrogen) atoms. The number of likely N-dealkylation sites (N-methyl/N-ethyl adjacent to an activating group) is 2. The summed E-state index contributed by atoms with van der Waals surface area (Å²) in [6, 6.07) is 36.2. The minimum atomic E-state index is -0.695. The van der Waals surface area contributed by atoms with Gasteiger partial charge in [0, 0.05) is 27.7 Å². The molecule has 0 bridgehead atoms. The van der Waals surface area contributed by atoms with Crippen LogP contribution in [0.3, 0.4) is 0 Å². The molecule has 1 fully saturated rings. The summed E-state index contributed by atoms with van der Waals surface area (Å²) in [6.07, 6.45) is -0.132. The zero-order valence-corrected chi connectivity index (χ0v) is 33.9. The van der Waals surface area contributed by atoms with Gasteiger partial charge in [0.15, 0.2) is 5.79 Å². The van der Waals surface area contributed by atoms with Gasteiger partial charge < -0.3 is 42.4 Å². The number of benzene rings is 4. The average molecular weight is 776 g/mol. The summed E-state index contributed by atoms with van der Waals surface area (Å²) >= 11 is 0. The van der Waals surface area contributed by atoms with Crippen LogP contribution in [0.25, 0.3) is 0 Å². The number of aryl methyl sites for hydroxylation is 4. The average Bonchev–Trinajstić information content (AvgIpc) is 3.32. The first kappa shape index (κ1) is 39.2. The van der Waals surface area contributed by atoms with Gasteiger partial charge in [-0.3, -0.25) is 0 Å². The number of halogens is 1. The van der Waals surface area contributed by atoms with Crippen molar-refractivity contribution in [3.8, 4) is 0 Å². The molecular formula is C44H60IN2O2+. The molecule has 2 atom stereocenters. The maximum Gasteiger partial charge on any atom is 0.171 e. The zero-order valence-electron chi connectivity index (χ0n) is 31.7. The maximum absolute atomic E-state index is 7.17. The van der Waals surface area contributed by atoms with E-state index in [1.165, 1.54) is 44.5 Å². The molecule has 1 heterocycles. The lowest BCUT2D eigenvalue weighted by atomic mass is 9.87. The predicted molar refractivity (Wildman–Crippen MR) is 199 cm³/mol. The van der Waals surface area contributed by atoms with Gasteiger partial charge in [0.05, 0.1) is 14.1 Å². The highest BCUT2D eigenvalue weighted by Crippen LogP contribution is 2.44. The second-order valence-electron chi connectivity index (χ2n) is 16.7. The van der Waals surface area contributed by atoms with Gasteiger partial charge in [-0.2, -0.15) is 0 Å². The Balaban J connectivity index is 0.00000541. The van der Waals surface area contributed by atoms with Gasteiger partial charge in [0.1, 0.15) is 51.5 Å². The standard InChI is InChI=1S/C44H60N2O2.HI/c1-33-11-19-37(20-12-33)27-45(9,28-38-21-13-34(2)14-22-38)31-41-42(48-44(8,47-41)43(5,6)7)32-46(10,29-39-23-15-35(3)16-24-39)30-40-25-17-36(4)18-26-40;/h11-26,41-42H,27-32H2,1-10H3;1H/q+2;/p-1/t41-,42-;/m0./s1. The van der Waals surface area contributed by atoms with Crippen LogP contribution in [0.5, 0.6) is 0 Å². The largest absolute Gasteiger partial charge is 1.00 e. The molecule has 264 valence electrons. The van der Waals surface area contributed by atoms with Crippen LogP contribution < -0.4 is 24.0 Å². The number of nitrogens with zero attached hydrogens (tertiary/aromatic N) is 2. The molecule has 0 radical (unpaired) electrons. The molecule has 4 nitrogen and oxygen atoms in total. The molecule has 0 saturated carbocycles.